The molecule has 0 spiro atoms. The van der Waals surface area contributed by atoms with Crippen LogP contribution < -0.4 is 16.0 Å². The predicted molar refractivity (Wildman–Crippen MR) is 85.2 cm³/mol. The monoisotopic (exact) mass is 304 g/mol. The normalized spacial score (nSPS) is 14.5. The lowest BCUT2D eigenvalue weighted by Crippen LogP contribution is -2.21. The third kappa shape index (κ3) is 3.16. The molecular weight excluding hydrogens is 288 g/mol. The summed E-state index contributed by atoms with van der Waals surface area (Å²) in [5.74, 6) is 1.28. The Hall–Kier alpha value is -2.08. The number of anilines is 4. The van der Waals surface area contributed by atoms with Gasteiger partial charge in [-0.2, -0.15) is 15.0 Å². The summed E-state index contributed by atoms with van der Waals surface area (Å²) in [6.07, 6.45) is 2.31. The maximum Gasteiger partial charge on any atom is 0.233 e. The number of nitrogens with zero attached hydrogens (tertiary/aromatic N) is 4. The Labute approximate surface area is 128 Å². The van der Waals surface area contributed by atoms with Crippen molar-refractivity contribution in [1.29, 1.82) is 0 Å². The van der Waals surface area contributed by atoms with Crippen LogP contribution in [0.25, 0.3) is 0 Å². The van der Waals surface area contributed by atoms with Crippen molar-refractivity contribution in [2.75, 3.05) is 29.0 Å². The van der Waals surface area contributed by atoms with Crippen LogP contribution in [0.3, 0.4) is 0 Å². The SMILES string of the molecule is Cc1ccc(Nc2nc(N)nc(N3CCCC3)n2)cc1Cl. The molecule has 1 saturated heterocycles. The molecule has 0 radical (unpaired) electrons. The van der Waals surface area contributed by atoms with Gasteiger partial charge in [-0.15, -0.1) is 0 Å². The third-order valence-corrected chi connectivity index (χ3v) is 3.86. The second-order valence-corrected chi connectivity index (χ2v) is 5.51. The number of nitrogen functional groups attached to an aromatic ring is 1. The van der Waals surface area contributed by atoms with E-state index in [1.807, 2.05) is 25.1 Å². The molecule has 0 unspecified atom stereocenters. The number of benzene rings is 1. The van der Waals surface area contributed by atoms with Crippen LogP contribution in [0, 0.1) is 6.92 Å². The molecule has 2 aromatic rings. The van der Waals surface area contributed by atoms with Gasteiger partial charge in [-0.25, -0.2) is 0 Å². The van der Waals surface area contributed by atoms with Gasteiger partial charge in [0.15, 0.2) is 0 Å². The van der Waals surface area contributed by atoms with Gasteiger partial charge in [-0.1, -0.05) is 17.7 Å². The molecule has 0 atom stereocenters. The highest BCUT2D eigenvalue weighted by molar-refractivity contribution is 6.31. The predicted octanol–water partition coefficient (Wildman–Crippen LogP) is 2.76. The second kappa shape index (κ2) is 5.73. The number of hydrogen-bond acceptors (Lipinski definition) is 6. The van der Waals surface area contributed by atoms with Gasteiger partial charge in [0.1, 0.15) is 0 Å². The van der Waals surface area contributed by atoms with Crippen LogP contribution in [0.4, 0.5) is 23.5 Å². The van der Waals surface area contributed by atoms with Gasteiger partial charge in [0.2, 0.25) is 17.8 Å². The number of hydrogen-bond donors (Lipinski definition) is 2. The summed E-state index contributed by atoms with van der Waals surface area (Å²) < 4.78 is 0. The van der Waals surface area contributed by atoms with E-state index in [9.17, 15) is 0 Å². The van der Waals surface area contributed by atoms with Crippen molar-refractivity contribution < 1.29 is 0 Å². The van der Waals surface area contributed by atoms with E-state index in [0.29, 0.717) is 16.9 Å². The van der Waals surface area contributed by atoms with E-state index in [0.717, 1.165) is 37.2 Å². The highest BCUT2D eigenvalue weighted by Crippen LogP contribution is 2.23. The van der Waals surface area contributed by atoms with Crippen LogP contribution >= 0.6 is 11.6 Å². The molecule has 0 amide bonds. The third-order valence-electron chi connectivity index (χ3n) is 3.46. The van der Waals surface area contributed by atoms with Crippen molar-refractivity contribution in [3.05, 3.63) is 28.8 Å². The summed E-state index contributed by atoms with van der Waals surface area (Å²) in [4.78, 5) is 14.9. The number of aryl methyl sites for hydroxylation is 1. The van der Waals surface area contributed by atoms with Crippen LogP contribution in [0.2, 0.25) is 5.02 Å². The van der Waals surface area contributed by atoms with Crippen LogP contribution in [-0.4, -0.2) is 28.0 Å². The van der Waals surface area contributed by atoms with E-state index in [4.69, 9.17) is 17.3 Å². The zero-order valence-electron chi connectivity index (χ0n) is 11.8. The smallest absolute Gasteiger partial charge is 0.233 e. The fourth-order valence-electron chi connectivity index (χ4n) is 2.29. The molecule has 0 aliphatic carbocycles. The van der Waals surface area contributed by atoms with E-state index in [1.54, 1.807) is 0 Å². The zero-order valence-corrected chi connectivity index (χ0v) is 12.6. The summed E-state index contributed by atoms with van der Waals surface area (Å²) in [5.41, 5.74) is 7.63. The van der Waals surface area contributed by atoms with Crippen molar-refractivity contribution in [2.45, 2.75) is 19.8 Å². The molecule has 7 heteroatoms. The molecule has 1 aromatic carbocycles. The van der Waals surface area contributed by atoms with Crippen molar-refractivity contribution in [3.8, 4) is 0 Å². The minimum atomic E-state index is 0.215. The average Bonchev–Trinajstić information content (AvgIpc) is 2.96. The summed E-state index contributed by atoms with van der Waals surface area (Å²) >= 11 is 6.12. The molecule has 2 heterocycles. The fraction of sp³-hybridized carbons (Fsp3) is 0.357. The molecule has 21 heavy (non-hydrogen) atoms. The van der Waals surface area contributed by atoms with Gasteiger partial charge in [-0.05, 0) is 37.5 Å². The molecule has 1 aliphatic rings. The molecule has 1 aliphatic heterocycles. The molecule has 6 nitrogen and oxygen atoms in total. The molecule has 110 valence electrons. The molecule has 1 aromatic heterocycles. The minimum Gasteiger partial charge on any atom is -0.368 e. The lowest BCUT2D eigenvalue weighted by molar-refractivity contribution is 0.887. The van der Waals surface area contributed by atoms with Crippen molar-refractivity contribution in [1.82, 2.24) is 15.0 Å². The Morgan fingerprint density at radius 1 is 1.19 bits per heavy atom. The lowest BCUT2D eigenvalue weighted by Gasteiger charge is -2.16. The number of nitrogens with one attached hydrogen (secondary N) is 1. The molecule has 3 N–H and O–H groups in total. The quantitative estimate of drug-likeness (QED) is 0.907. The van der Waals surface area contributed by atoms with Gasteiger partial charge in [-0.3, -0.25) is 0 Å². The Morgan fingerprint density at radius 3 is 2.67 bits per heavy atom. The number of aromatic nitrogens is 3. The number of halogens is 1. The molecule has 1 fully saturated rings. The minimum absolute atomic E-state index is 0.215. The molecular formula is C14H17ClN6. The lowest BCUT2D eigenvalue weighted by atomic mass is 10.2. The maximum absolute atomic E-state index is 6.12. The van der Waals surface area contributed by atoms with Gasteiger partial charge in [0, 0.05) is 23.8 Å². The van der Waals surface area contributed by atoms with Gasteiger partial charge in [0.05, 0.1) is 0 Å². The Morgan fingerprint density at radius 2 is 1.95 bits per heavy atom. The summed E-state index contributed by atoms with van der Waals surface area (Å²) in [6.45, 7) is 3.87. The zero-order chi connectivity index (χ0) is 14.8. The van der Waals surface area contributed by atoms with Crippen LogP contribution in [0.1, 0.15) is 18.4 Å². The number of rotatable bonds is 3. The molecule has 3 rings (SSSR count). The van der Waals surface area contributed by atoms with Crippen molar-refractivity contribution in [2.24, 2.45) is 0 Å². The molecule has 0 bridgehead atoms. The largest absolute Gasteiger partial charge is 0.368 e. The summed E-state index contributed by atoms with van der Waals surface area (Å²) in [6, 6.07) is 5.71. The second-order valence-electron chi connectivity index (χ2n) is 5.10. The van der Waals surface area contributed by atoms with Crippen molar-refractivity contribution >= 4 is 35.1 Å². The summed E-state index contributed by atoms with van der Waals surface area (Å²) in [7, 11) is 0. The Balaban J connectivity index is 1.85. The van der Waals surface area contributed by atoms with Crippen molar-refractivity contribution in [3.63, 3.8) is 0 Å². The van der Waals surface area contributed by atoms with E-state index < -0.39 is 0 Å². The highest BCUT2D eigenvalue weighted by atomic mass is 35.5. The van der Waals surface area contributed by atoms with E-state index in [-0.39, 0.29) is 5.95 Å². The van der Waals surface area contributed by atoms with Crippen LogP contribution in [0.15, 0.2) is 18.2 Å². The first-order chi connectivity index (χ1) is 10.1. The average molecular weight is 305 g/mol. The first kappa shape index (κ1) is 13.9. The fourth-order valence-corrected chi connectivity index (χ4v) is 2.48. The van der Waals surface area contributed by atoms with Crippen LogP contribution in [-0.2, 0) is 0 Å². The maximum atomic E-state index is 6.12. The Kier molecular flexibility index (Phi) is 3.79. The standard InChI is InChI=1S/C14H17ClN6/c1-9-4-5-10(8-11(9)15)17-13-18-12(16)19-14(20-13)21-6-2-3-7-21/h4-5,8H,2-3,6-7H2,1H3,(H3,16,17,18,19,20). The first-order valence-electron chi connectivity index (χ1n) is 6.91. The number of nitrogens with two attached hydrogens (primary N) is 1. The van der Waals surface area contributed by atoms with E-state index >= 15 is 0 Å². The topological polar surface area (TPSA) is 80.0 Å². The molecule has 0 saturated carbocycles. The van der Waals surface area contributed by atoms with Gasteiger partial charge >= 0.3 is 0 Å². The van der Waals surface area contributed by atoms with Gasteiger partial charge in [0.25, 0.3) is 0 Å². The van der Waals surface area contributed by atoms with E-state index in [2.05, 4.69) is 25.2 Å². The first-order valence-corrected chi connectivity index (χ1v) is 7.29. The van der Waals surface area contributed by atoms with Crippen LogP contribution in [0.5, 0.6) is 0 Å². The van der Waals surface area contributed by atoms with Gasteiger partial charge < -0.3 is 16.0 Å². The highest BCUT2D eigenvalue weighted by Gasteiger charge is 2.16. The van der Waals surface area contributed by atoms with E-state index in [1.165, 1.54) is 0 Å². The summed E-state index contributed by atoms with van der Waals surface area (Å²) in [5, 5.41) is 3.82. The Bertz CT molecular complexity index is 654.